The summed E-state index contributed by atoms with van der Waals surface area (Å²) in [7, 11) is 4.28. The van der Waals surface area contributed by atoms with Gasteiger partial charge in [0.05, 0.1) is 16.2 Å². The number of methoxy groups -OCH3 is 1. The lowest BCUT2D eigenvalue weighted by Crippen LogP contribution is -2.42. The van der Waals surface area contributed by atoms with Gasteiger partial charge in [0.15, 0.2) is 10.9 Å². The van der Waals surface area contributed by atoms with Crippen LogP contribution in [-0.2, 0) is 25.4 Å². The molecule has 2 N–H and O–H groups in total. The van der Waals surface area contributed by atoms with Crippen LogP contribution in [0.4, 0.5) is 5.82 Å². The number of hydrogen-bond donors (Lipinski definition) is 1. The van der Waals surface area contributed by atoms with Crippen LogP contribution < -0.4 is 22.5 Å². The van der Waals surface area contributed by atoms with E-state index >= 15 is 0 Å². The van der Waals surface area contributed by atoms with Crippen molar-refractivity contribution in [1.82, 2.24) is 28.3 Å². The van der Waals surface area contributed by atoms with Gasteiger partial charge < -0.3 is 10.5 Å². The Hall–Kier alpha value is -3.71. The molecule has 1 unspecified atom stereocenters. The molecule has 13 heteroatoms. The molecule has 184 valence electrons. The summed E-state index contributed by atoms with van der Waals surface area (Å²) in [6, 6.07) is 7.08. The van der Waals surface area contributed by atoms with E-state index in [-0.39, 0.29) is 16.9 Å². The number of rotatable bonds is 8. The molecule has 1 atom stereocenters. The Morgan fingerprint density at radius 1 is 1.11 bits per heavy atom. The van der Waals surface area contributed by atoms with Crippen molar-refractivity contribution in [3.05, 3.63) is 61.0 Å². The molecule has 35 heavy (non-hydrogen) atoms. The van der Waals surface area contributed by atoms with Gasteiger partial charge in [0.25, 0.3) is 11.1 Å². The molecule has 3 aromatic heterocycles. The Morgan fingerprint density at radius 2 is 1.83 bits per heavy atom. The van der Waals surface area contributed by atoms with Gasteiger partial charge in [-0.05, 0) is 25.5 Å². The molecule has 0 bridgehead atoms. The Morgan fingerprint density at radius 3 is 2.54 bits per heavy atom. The summed E-state index contributed by atoms with van der Waals surface area (Å²) in [6.07, 6.45) is 0.601. The fraction of sp³-hybridized carbons (Fsp3) is 0.364. The second-order valence-corrected chi connectivity index (χ2v) is 9.34. The van der Waals surface area contributed by atoms with E-state index < -0.39 is 22.3 Å². The maximum Gasteiger partial charge on any atom is 0.332 e. The zero-order valence-corrected chi connectivity index (χ0v) is 20.5. The number of nitrogens with zero attached hydrogens (tertiary/aromatic N) is 6. The van der Waals surface area contributed by atoms with Crippen LogP contribution in [0.15, 0.2) is 43.8 Å². The maximum atomic E-state index is 13.3. The molecule has 0 spiro atoms. The Balaban J connectivity index is 1.81. The fourth-order valence-electron chi connectivity index (χ4n) is 3.88. The van der Waals surface area contributed by atoms with Crippen LogP contribution in [0, 0.1) is 0 Å². The molecule has 0 aliphatic rings. The maximum absolute atomic E-state index is 13.3. The topological polar surface area (TPSA) is 149 Å². The van der Waals surface area contributed by atoms with Crippen molar-refractivity contribution in [2.45, 2.75) is 30.3 Å². The Labute approximate surface area is 202 Å². The van der Waals surface area contributed by atoms with Crippen LogP contribution in [0.1, 0.15) is 23.7 Å². The van der Waals surface area contributed by atoms with Gasteiger partial charge >= 0.3 is 5.69 Å². The third-order valence-electron chi connectivity index (χ3n) is 5.82. The molecule has 12 nitrogen and oxygen atoms in total. The number of fused-ring (bicyclic) bond motifs is 3. The van der Waals surface area contributed by atoms with Crippen LogP contribution >= 0.6 is 11.8 Å². The van der Waals surface area contributed by atoms with Crippen molar-refractivity contribution in [2.75, 3.05) is 19.5 Å². The number of nitrogens with two attached hydrogens (primary N) is 1. The highest BCUT2D eigenvalue weighted by atomic mass is 32.2. The van der Waals surface area contributed by atoms with Gasteiger partial charge in [0.1, 0.15) is 11.4 Å². The van der Waals surface area contributed by atoms with Gasteiger partial charge in [-0.3, -0.25) is 32.5 Å². The standard InChI is InChI=1S/C22H25N7O5S/c1-12(16(30)15-17(23)26(2)22(33)27(3)19(15)32)35-21-25-24-20-28(10-7-11-34-4)18(31)13-8-5-6-9-14(13)29(20)21/h5-6,8-9,12H,7,10-11,23H2,1-4H3. The number of para-hydroxylation sites is 1. The summed E-state index contributed by atoms with van der Waals surface area (Å²) in [5.41, 5.74) is 4.73. The number of aryl methyl sites for hydroxylation is 1. The van der Waals surface area contributed by atoms with Crippen molar-refractivity contribution >= 4 is 40.0 Å². The largest absolute Gasteiger partial charge is 0.385 e. The van der Waals surface area contributed by atoms with E-state index in [0.29, 0.717) is 41.4 Å². The summed E-state index contributed by atoms with van der Waals surface area (Å²) < 4.78 is 10.3. The molecule has 4 rings (SSSR count). The number of hydrogen-bond acceptors (Lipinski definition) is 9. The average molecular weight is 500 g/mol. The predicted octanol–water partition coefficient (Wildman–Crippen LogP) is 0.424. The molecule has 0 fully saturated rings. The highest BCUT2D eigenvalue weighted by molar-refractivity contribution is 8.00. The molecule has 0 radical (unpaired) electrons. The van der Waals surface area contributed by atoms with E-state index in [4.69, 9.17) is 10.5 Å². The zero-order valence-electron chi connectivity index (χ0n) is 19.7. The fourth-order valence-corrected chi connectivity index (χ4v) is 4.80. The zero-order chi connectivity index (χ0) is 25.4. The number of ketones is 1. The molecule has 0 amide bonds. The van der Waals surface area contributed by atoms with E-state index in [0.717, 1.165) is 20.9 Å². The first-order valence-electron chi connectivity index (χ1n) is 10.8. The highest BCUT2D eigenvalue weighted by Gasteiger charge is 2.27. The minimum absolute atomic E-state index is 0.195. The lowest BCUT2D eigenvalue weighted by atomic mass is 10.1. The summed E-state index contributed by atoms with van der Waals surface area (Å²) in [6.45, 7) is 2.47. The van der Waals surface area contributed by atoms with E-state index in [1.807, 2.05) is 0 Å². The normalized spacial score (nSPS) is 12.5. The number of anilines is 1. The number of nitrogen functional groups attached to an aromatic ring is 1. The van der Waals surface area contributed by atoms with Crippen LogP contribution in [0.5, 0.6) is 0 Å². The Kier molecular flexibility index (Phi) is 6.63. The van der Waals surface area contributed by atoms with Crippen LogP contribution in [0.25, 0.3) is 16.7 Å². The van der Waals surface area contributed by atoms with E-state index in [2.05, 4.69) is 10.2 Å². The Bertz CT molecular complexity index is 1630. The van der Waals surface area contributed by atoms with E-state index in [1.165, 1.54) is 18.7 Å². The molecule has 3 heterocycles. The number of carbonyl (C=O) groups excluding carboxylic acids is 1. The monoisotopic (exact) mass is 499 g/mol. The third-order valence-corrected chi connectivity index (χ3v) is 6.86. The van der Waals surface area contributed by atoms with Crippen molar-refractivity contribution < 1.29 is 9.53 Å². The molecule has 0 saturated heterocycles. The molecular weight excluding hydrogens is 474 g/mol. The van der Waals surface area contributed by atoms with Crippen LogP contribution in [0.2, 0.25) is 0 Å². The van der Waals surface area contributed by atoms with Gasteiger partial charge in [0, 0.05) is 34.4 Å². The number of ether oxygens (including phenoxy) is 1. The summed E-state index contributed by atoms with van der Waals surface area (Å²) in [5, 5.41) is 8.55. The summed E-state index contributed by atoms with van der Waals surface area (Å²) in [4.78, 5) is 51.2. The van der Waals surface area contributed by atoms with Crippen LogP contribution in [-0.4, -0.2) is 53.0 Å². The number of Topliss-reactive ketones (excluding diaryl/α,β-unsaturated/α-hetero) is 1. The second-order valence-electron chi connectivity index (χ2n) is 8.03. The first kappa shape index (κ1) is 24.4. The average Bonchev–Trinajstić information content (AvgIpc) is 3.27. The van der Waals surface area contributed by atoms with Gasteiger partial charge in [-0.1, -0.05) is 23.9 Å². The molecule has 0 saturated carbocycles. The predicted molar refractivity (Wildman–Crippen MR) is 132 cm³/mol. The summed E-state index contributed by atoms with van der Waals surface area (Å²) in [5.74, 6) is -0.401. The van der Waals surface area contributed by atoms with Gasteiger partial charge in [-0.15, -0.1) is 10.2 Å². The number of carbonyl (C=O) groups is 1. The van der Waals surface area contributed by atoms with Gasteiger partial charge in [-0.2, -0.15) is 0 Å². The molecule has 4 aromatic rings. The summed E-state index contributed by atoms with van der Waals surface area (Å²) >= 11 is 1.08. The molecule has 0 aliphatic heterocycles. The highest BCUT2D eigenvalue weighted by Crippen LogP contribution is 2.27. The molecule has 0 aliphatic carbocycles. The first-order chi connectivity index (χ1) is 16.7. The first-order valence-corrected chi connectivity index (χ1v) is 11.7. The third kappa shape index (κ3) is 4.06. The lowest BCUT2D eigenvalue weighted by Gasteiger charge is -2.14. The smallest absolute Gasteiger partial charge is 0.332 e. The number of benzene rings is 1. The molecular formula is C22H25N7O5S. The number of thioether (sulfide) groups is 1. The van der Waals surface area contributed by atoms with E-state index in [9.17, 15) is 19.2 Å². The van der Waals surface area contributed by atoms with Crippen molar-refractivity contribution in [2.24, 2.45) is 14.1 Å². The minimum Gasteiger partial charge on any atom is -0.385 e. The SMILES string of the molecule is COCCCn1c(=O)c2ccccc2n2c(SC(C)C(=O)c3c(N)n(C)c(=O)n(C)c3=O)nnc12. The van der Waals surface area contributed by atoms with Gasteiger partial charge in [-0.25, -0.2) is 4.79 Å². The van der Waals surface area contributed by atoms with E-state index in [1.54, 1.807) is 42.7 Å². The van der Waals surface area contributed by atoms with Crippen molar-refractivity contribution in [3.63, 3.8) is 0 Å². The lowest BCUT2D eigenvalue weighted by molar-refractivity contribution is 0.0992. The van der Waals surface area contributed by atoms with Crippen LogP contribution in [0.3, 0.4) is 0 Å². The molecule has 1 aromatic carbocycles. The van der Waals surface area contributed by atoms with Crippen molar-refractivity contribution in [1.29, 1.82) is 0 Å². The number of aromatic nitrogens is 6. The van der Waals surface area contributed by atoms with Gasteiger partial charge in [0.2, 0.25) is 5.78 Å². The minimum atomic E-state index is -0.789. The quantitative estimate of drug-likeness (QED) is 0.207. The second kappa shape index (κ2) is 9.50. The van der Waals surface area contributed by atoms with Crippen molar-refractivity contribution in [3.8, 4) is 0 Å².